The molecule has 2 aromatic heterocycles. The maximum atomic E-state index is 12.3. The van der Waals surface area contributed by atoms with Crippen molar-refractivity contribution >= 4 is 34.2 Å². The van der Waals surface area contributed by atoms with Crippen LogP contribution in [-0.4, -0.2) is 20.3 Å². The molecule has 0 aliphatic heterocycles. The van der Waals surface area contributed by atoms with Gasteiger partial charge in [0.05, 0.1) is 5.69 Å². The predicted molar refractivity (Wildman–Crippen MR) is 99.1 cm³/mol. The fraction of sp³-hybridized carbons (Fsp3) is 0.0526. The highest BCUT2D eigenvalue weighted by Crippen LogP contribution is 2.20. The van der Waals surface area contributed by atoms with Gasteiger partial charge in [0.15, 0.2) is 5.82 Å². The summed E-state index contributed by atoms with van der Waals surface area (Å²) in [6.07, 6.45) is 3.69. The lowest BCUT2D eigenvalue weighted by Gasteiger charge is -2.06. The van der Waals surface area contributed by atoms with E-state index >= 15 is 0 Å². The van der Waals surface area contributed by atoms with Gasteiger partial charge in [-0.2, -0.15) is 5.10 Å². The minimum absolute atomic E-state index is 0.143. The number of aromatic nitrogens is 3. The first-order valence-corrected chi connectivity index (χ1v) is 8.22. The van der Waals surface area contributed by atoms with E-state index in [4.69, 9.17) is 11.6 Å². The minimum atomic E-state index is -0.143. The summed E-state index contributed by atoms with van der Waals surface area (Å²) in [6.45, 7) is 0.196. The Kier molecular flexibility index (Phi) is 3.99. The highest BCUT2D eigenvalue weighted by Gasteiger charge is 2.09. The second-order valence-electron chi connectivity index (χ2n) is 5.68. The highest BCUT2D eigenvalue weighted by atomic mass is 35.5. The van der Waals surface area contributed by atoms with Crippen molar-refractivity contribution in [2.24, 2.45) is 0 Å². The molecule has 4 rings (SSSR count). The molecule has 0 spiro atoms. The van der Waals surface area contributed by atoms with E-state index in [0.717, 1.165) is 16.6 Å². The zero-order chi connectivity index (χ0) is 17.2. The molecule has 25 heavy (non-hydrogen) atoms. The van der Waals surface area contributed by atoms with Crippen molar-refractivity contribution in [3.05, 3.63) is 78.1 Å². The first kappa shape index (κ1) is 15.5. The quantitative estimate of drug-likeness (QED) is 0.602. The molecular formula is C19H15ClN4O. The molecular weight excluding hydrogens is 336 g/mol. The summed E-state index contributed by atoms with van der Waals surface area (Å²) in [6, 6.07) is 19.1. The average Bonchev–Trinajstić information content (AvgIpc) is 3.23. The molecule has 4 aromatic rings. The van der Waals surface area contributed by atoms with Crippen molar-refractivity contribution in [3.8, 4) is 5.69 Å². The van der Waals surface area contributed by atoms with E-state index in [0.29, 0.717) is 10.8 Å². The number of nitrogens with zero attached hydrogens (tertiary/aromatic N) is 3. The summed E-state index contributed by atoms with van der Waals surface area (Å²) < 4.78 is 3.59. The van der Waals surface area contributed by atoms with Gasteiger partial charge in [0, 0.05) is 29.0 Å². The number of carbonyl (C=O) groups is 1. The third-order valence-electron chi connectivity index (χ3n) is 3.93. The monoisotopic (exact) mass is 350 g/mol. The van der Waals surface area contributed by atoms with Crippen LogP contribution in [0.3, 0.4) is 0 Å². The van der Waals surface area contributed by atoms with Gasteiger partial charge in [0.1, 0.15) is 6.54 Å². The van der Waals surface area contributed by atoms with E-state index in [-0.39, 0.29) is 12.5 Å². The van der Waals surface area contributed by atoms with Crippen molar-refractivity contribution in [2.45, 2.75) is 6.54 Å². The number of benzene rings is 2. The number of amides is 1. The highest BCUT2D eigenvalue weighted by molar-refractivity contribution is 6.31. The van der Waals surface area contributed by atoms with Gasteiger partial charge >= 0.3 is 0 Å². The summed E-state index contributed by atoms with van der Waals surface area (Å²) in [5.41, 5.74) is 1.87. The van der Waals surface area contributed by atoms with Crippen molar-refractivity contribution in [1.82, 2.24) is 14.3 Å². The van der Waals surface area contributed by atoms with Crippen LogP contribution in [0.1, 0.15) is 0 Å². The molecule has 0 saturated carbocycles. The van der Waals surface area contributed by atoms with Gasteiger partial charge in [-0.05, 0) is 35.7 Å². The third kappa shape index (κ3) is 3.27. The van der Waals surface area contributed by atoms with Crippen LogP contribution in [0, 0.1) is 0 Å². The number of rotatable bonds is 4. The van der Waals surface area contributed by atoms with Crippen molar-refractivity contribution < 1.29 is 4.79 Å². The number of halogens is 1. The van der Waals surface area contributed by atoms with Crippen LogP contribution in [0.25, 0.3) is 16.6 Å². The molecule has 5 nitrogen and oxygen atoms in total. The van der Waals surface area contributed by atoms with Gasteiger partial charge in [-0.25, -0.2) is 4.68 Å². The largest absolute Gasteiger partial charge is 0.338 e. The molecule has 2 aromatic carbocycles. The molecule has 0 fully saturated rings. The SMILES string of the molecule is O=C(Cn1ccc2ccc(Cl)cc21)Nc1ccn(-c2ccccc2)n1. The maximum Gasteiger partial charge on any atom is 0.245 e. The van der Waals surface area contributed by atoms with E-state index in [2.05, 4.69) is 10.4 Å². The summed E-state index contributed by atoms with van der Waals surface area (Å²) >= 11 is 6.05. The van der Waals surface area contributed by atoms with Gasteiger partial charge in [0.2, 0.25) is 5.91 Å². The number of nitrogens with one attached hydrogen (secondary N) is 1. The fourth-order valence-electron chi connectivity index (χ4n) is 2.75. The second kappa shape index (κ2) is 6.45. The Labute approximate surface area is 149 Å². The summed E-state index contributed by atoms with van der Waals surface area (Å²) in [7, 11) is 0. The Balaban J connectivity index is 1.49. The van der Waals surface area contributed by atoms with Crippen LogP contribution in [-0.2, 0) is 11.3 Å². The van der Waals surface area contributed by atoms with Gasteiger partial charge in [-0.3, -0.25) is 4.79 Å². The lowest BCUT2D eigenvalue weighted by molar-refractivity contribution is -0.116. The molecule has 2 heterocycles. The molecule has 6 heteroatoms. The molecule has 1 N–H and O–H groups in total. The Bertz CT molecular complexity index is 1040. The molecule has 0 radical (unpaired) electrons. The number of hydrogen-bond acceptors (Lipinski definition) is 2. The molecule has 0 saturated heterocycles. The van der Waals surface area contributed by atoms with Crippen LogP contribution < -0.4 is 5.32 Å². The topological polar surface area (TPSA) is 51.9 Å². The zero-order valence-corrected chi connectivity index (χ0v) is 14.0. The minimum Gasteiger partial charge on any atom is -0.338 e. The molecule has 0 atom stereocenters. The first-order valence-electron chi connectivity index (χ1n) is 7.84. The summed E-state index contributed by atoms with van der Waals surface area (Å²) in [5.74, 6) is 0.374. The second-order valence-corrected chi connectivity index (χ2v) is 6.11. The van der Waals surface area contributed by atoms with E-state index in [1.165, 1.54) is 0 Å². The number of fused-ring (bicyclic) bond motifs is 1. The molecule has 0 bridgehead atoms. The lowest BCUT2D eigenvalue weighted by Crippen LogP contribution is -2.18. The van der Waals surface area contributed by atoms with Crippen LogP contribution in [0.5, 0.6) is 0 Å². The van der Waals surface area contributed by atoms with Crippen LogP contribution in [0.2, 0.25) is 5.02 Å². The molecule has 0 aliphatic carbocycles. The Morgan fingerprint density at radius 1 is 1.04 bits per heavy atom. The van der Waals surface area contributed by atoms with E-state index in [9.17, 15) is 4.79 Å². The Hall–Kier alpha value is -3.05. The van der Waals surface area contributed by atoms with Crippen molar-refractivity contribution in [1.29, 1.82) is 0 Å². The molecule has 124 valence electrons. The first-order chi connectivity index (χ1) is 12.2. The molecule has 1 amide bonds. The Morgan fingerprint density at radius 3 is 2.72 bits per heavy atom. The smallest absolute Gasteiger partial charge is 0.245 e. The zero-order valence-electron chi connectivity index (χ0n) is 13.3. The molecule has 0 unspecified atom stereocenters. The number of anilines is 1. The van der Waals surface area contributed by atoms with Gasteiger partial charge in [0.25, 0.3) is 0 Å². The van der Waals surface area contributed by atoms with Crippen molar-refractivity contribution in [2.75, 3.05) is 5.32 Å². The number of para-hydroxylation sites is 1. The van der Waals surface area contributed by atoms with Gasteiger partial charge in [-0.15, -0.1) is 0 Å². The van der Waals surface area contributed by atoms with E-state index in [1.54, 1.807) is 10.7 Å². The number of carbonyl (C=O) groups excluding carboxylic acids is 1. The van der Waals surface area contributed by atoms with Crippen LogP contribution in [0.15, 0.2) is 73.1 Å². The van der Waals surface area contributed by atoms with Crippen molar-refractivity contribution in [3.63, 3.8) is 0 Å². The van der Waals surface area contributed by atoms with E-state index < -0.39 is 0 Å². The van der Waals surface area contributed by atoms with Gasteiger partial charge < -0.3 is 9.88 Å². The number of hydrogen-bond donors (Lipinski definition) is 1. The fourth-order valence-corrected chi connectivity index (χ4v) is 2.91. The Morgan fingerprint density at radius 2 is 1.88 bits per heavy atom. The summed E-state index contributed by atoms with van der Waals surface area (Å²) in [5, 5.41) is 8.90. The predicted octanol–water partition coefficient (Wildman–Crippen LogP) is 4.12. The molecule has 0 aliphatic rings. The normalized spacial score (nSPS) is 10.9. The van der Waals surface area contributed by atoms with Crippen LogP contribution >= 0.6 is 11.6 Å². The lowest BCUT2D eigenvalue weighted by atomic mass is 10.2. The standard InChI is InChI=1S/C19H15ClN4O/c20-15-7-6-14-8-10-23(17(14)12-15)13-19(25)21-18-9-11-24(22-18)16-4-2-1-3-5-16/h1-12H,13H2,(H,21,22,25). The average molecular weight is 351 g/mol. The maximum absolute atomic E-state index is 12.3. The van der Waals surface area contributed by atoms with Gasteiger partial charge in [-0.1, -0.05) is 35.9 Å². The van der Waals surface area contributed by atoms with E-state index in [1.807, 2.05) is 71.6 Å². The summed E-state index contributed by atoms with van der Waals surface area (Å²) in [4.78, 5) is 12.3. The van der Waals surface area contributed by atoms with Crippen LogP contribution in [0.4, 0.5) is 5.82 Å². The third-order valence-corrected chi connectivity index (χ3v) is 4.16.